The highest BCUT2D eigenvalue weighted by Crippen LogP contribution is 2.39. The lowest BCUT2D eigenvalue weighted by Gasteiger charge is -2.44. The topological polar surface area (TPSA) is 29.5 Å². The zero-order chi connectivity index (χ0) is 13.3. The van der Waals surface area contributed by atoms with E-state index < -0.39 is 6.10 Å². The largest absolute Gasteiger partial charge is 0.390 e. The summed E-state index contributed by atoms with van der Waals surface area (Å²) in [6.45, 7) is 0. The van der Waals surface area contributed by atoms with Crippen molar-refractivity contribution in [2.75, 3.05) is 7.11 Å². The summed E-state index contributed by atoms with van der Waals surface area (Å²) in [4.78, 5) is 0. The van der Waals surface area contributed by atoms with Crippen LogP contribution < -0.4 is 0 Å². The molecule has 1 atom stereocenters. The lowest BCUT2D eigenvalue weighted by atomic mass is 9.74. The van der Waals surface area contributed by atoms with Gasteiger partial charge in [-0.1, -0.05) is 42.5 Å². The fourth-order valence-corrected chi connectivity index (χ4v) is 3.06. The van der Waals surface area contributed by atoms with Gasteiger partial charge in [0, 0.05) is 13.5 Å². The Balaban J connectivity index is 1.89. The molecule has 19 heavy (non-hydrogen) atoms. The van der Waals surface area contributed by atoms with Crippen LogP contribution in [-0.2, 0) is 11.2 Å². The van der Waals surface area contributed by atoms with Gasteiger partial charge in [0.15, 0.2) is 0 Å². The zero-order valence-electron chi connectivity index (χ0n) is 11.3. The lowest BCUT2D eigenvalue weighted by Crippen LogP contribution is -2.50. The molecular weight excluding hydrogens is 236 g/mol. The highest BCUT2D eigenvalue weighted by molar-refractivity contribution is 5.85. The fraction of sp³-hybridized carbons (Fsp3) is 0.412. The number of rotatable bonds is 4. The van der Waals surface area contributed by atoms with Gasteiger partial charge in [-0.05, 0) is 35.6 Å². The Kier molecular flexibility index (Phi) is 3.29. The molecule has 1 aliphatic carbocycles. The van der Waals surface area contributed by atoms with Crippen LogP contribution in [-0.4, -0.2) is 23.9 Å². The molecule has 0 radical (unpaired) electrons. The number of benzene rings is 2. The molecule has 1 saturated carbocycles. The Morgan fingerprint density at radius 2 is 1.89 bits per heavy atom. The van der Waals surface area contributed by atoms with E-state index in [1.807, 2.05) is 12.1 Å². The first-order valence-corrected chi connectivity index (χ1v) is 6.95. The molecule has 0 aromatic heterocycles. The quantitative estimate of drug-likeness (QED) is 0.909. The highest BCUT2D eigenvalue weighted by Gasteiger charge is 2.43. The van der Waals surface area contributed by atoms with E-state index in [-0.39, 0.29) is 5.60 Å². The summed E-state index contributed by atoms with van der Waals surface area (Å²) in [6, 6.07) is 14.6. The molecule has 0 heterocycles. The number of fused-ring (bicyclic) bond motifs is 1. The lowest BCUT2D eigenvalue weighted by molar-refractivity contribution is -0.148. The van der Waals surface area contributed by atoms with Crippen LogP contribution in [0.5, 0.6) is 0 Å². The van der Waals surface area contributed by atoms with Gasteiger partial charge < -0.3 is 9.84 Å². The van der Waals surface area contributed by atoms with E-state index in [1.165, 1.54) is 16.3 Å². The Morgan fingerprint density at radius 3 is 2.58 bits per heavy atom. The molecule has 1 aliphatic rings. The van der Waals surface area contributed by atoms with Crippen LogP contribution in [0.15, 0.2) is 42.5 Å². The summed E-state index contributed by atoms with van der Waals surface area (Å²) in [7, 11) is 1.71. The average molecular weight is 256 g/mol. The monoisotopic (exact) mass is 256 g/mol. The van der Waals surface area contributed by atoms with Gasteiger partial charge in [0.25, 0.3) is 0 Å². The first kappa shape index (κ1) is 12.6. The fourth-order valence-electron chi connectivity index (χ4n) is 3.06. The normalized spacial score (nSPS) is 19.1. The summed E-state index contributed by atoms with van der Waals surface area (Å²) in [5.74, 6) is 0. The van der Waals surface area contributed by atoms with Crippen molar-refractivity contribution in [3.63, 3.8) is 0 Å². The van der Waals surface area contributed by atoms with E-state index in [0.29, 0.717) is 6.42 Å². The third-order valence-corrected chi connectivity index (χ3v) is 4.51. The smallest absolute Gasteiger partial charge is 0.0939 e. The molecule has 1 fully saturated rings. The zero-order valence-corrected chi connectivity index (χ0v) is 11.3. The van der Waals surface area contributed by atoms with E-state index >= 15 is 0 Å². The van der Waals surface area contributed by atoms with Crippen molar-refractivity contribution in [2.24, 2.45) is 0 Å². The number of hydrogen-bond donors (Lipinski definition) is 1. The van der Waals surface area contributed by atoms with Gasteiger partial charge in [-0.3, -0.25) is 0 Å². The Morgan fingerprint density at radius 1 is 1.16 bits per heavy atom. The SMILES string of the molecule is COC1(C(O)Cc2cccc3ccccc23)CCC1. The van der Waals surface area contributed by atoms with Gasteiger partial charge in [-0.25, -0.2) is 0 Å². The minimum absolute atomic E-state index is 0.309. The molecule has 2 aromatic carbocycles. The summed E-state index contributed by atoms with van der Waals surface area (Å²) in [5, 5.41) is 13.0. The molecule has 0 saturated heterocycles. The second-order valence-electron chi connectivity index (χ2n) is 5.48. The van der Waals surface area contributed by atoms with Crippen LogP contribution in [0.1, 0.15) is 24.8 Å². The summed E-state index contributed by atoms with van der Waals surface area (Å²) < 4.78 is 5.57. The van der Waals surface area contributed by atoms with E-state index in [1.54, 1.807) is 7.11 Å². The first-order valence-electron chi connectivity index (χ1n) is 6.95. The first-order chi connectivity index (χ1) is 9.25. The number of aliphatic hydroxyl groups is 1. The molecule has 0 bridgehead atoms. The van der Waals surface area contributed by atoms with Crippen LogP contribution >= 0.6 is 0 Å². The minimum Gasteiger partial charge on any atom is -0.390 e. The van der Waals surface area contributed by atoms with Crippen molar-refractivity contribution >= 4 is 10.8 Å². The second-order valence-corrected chi connectivity index (χ2v) is 5.48. The maximum Gasteiger partial charge on any atom is 0.0939 e. The molecule has 2 aromatic rings. The molecule has 1 unspecified atom stereocenters. The van der Waals surface area contributed by atoms with Gasteiger partial charge in [-0.2, -0.15) is 0 Å². The molecule has 2 heteroatoms. The molecule has 0 aliphatic heterocycles. The molecule has 0 spiro atoms. The van der Waals surface area contributed by atoms with E-state index in [2.05, 4.69) is 30.3 Å². The third-order valence-electron chi connectivity index (χ3n) is 4.51. The Labute approximate surface area is 114 Å². The molecule has 3 rings (SSSR count). The predicted octanol–water partition coefficient (Wildman–Crippen LogP) is 3.31. The molecular formula is C17H20O2. The summed E-state index contributed by atoms with van der Waals surface area (Å²) >= 11 is 0. The van der Waals surface area contributed by atoms with Crippen molar-refractivity contribution in [2.45, 2.75) is 37.4 Å². The van der Waals surface area contributed by atoms with Crippen molar-refractivity contribution in [1.29, 1.82) is 0 Å². The van der Waals surface area contributed by atoms with Gasteiger partial charge >= 0.3 is 0 Å². The van der Waals surface area contributed by atoms with Crippen LogP contribution in [0.4, 0.5) is 0 Å². The molecule has 0 amide bonds. The van der Waals surface area contributed by atoms with Crippen molar-refractivity contribution in [3.05, 3.63) is 48.0 Å². The average Bonchev–Trinajstić information content (AvgIpc) is 2.38. The van der Waals surface area contributed by atoms with Gasteiger partial charge in [0.05, 0.1) is 11.7 Å². The predicted molar refractivity (Wildman–Crippen MR) is 77.2 cm³/mol. The molecule has 1 N–H and O–H groups in total. The van der Waals surface area contributed by atoms with Crippen molar-refractivity contribution < 1.29 is 9.84 Å². The number of ether oxygens (including phenoxy) is 1. The van der Waals surface area contributed by atoms with Crippen molar-refractivity contribution in [3.8, 4) is 0 Å². The van der Waals surface area contributed by atoms with Gasteiger partial charge in [0.1, 0.15) is 0 Å². The van der Waals surface area contributed by atoms with E-state index in [4.69, 9.17) is 4.74 Å². The maximum atomic E-state index is 10.5. The second kappa shape index (κ2) is 4.95. The third kappa shape index (κ3) is 2.15. The Bertz CT molecular complexity index is 561. The molecule has 2 nitrogen and oxygen atoms in total. The number of methoxy groups -OCH3 is 1. The summed E-state index contributed by atoms with van der Waals surface area (Å²) in [6.07, 6.45) is 3.33. The van der Waals surface area contributed by atoms with Gasteiger partial charge in [-0.15, -0.1) is 0 Å². The van der Waals surface area contributed by atoms with Crippen LogP contribution in [0.3, 0.4) is 0 Å². The van der Waals surface area contributed by atoms with Crippen LogP contribution in [0.2, 0.25) is 0 Å². The van der Waals surface area contributed by atoms with Crippen LogP contribution in [0, 0.1) is 0 Å². The molecule has 100 valence electrons. The number of hydrogen-bond acceptors (Lipinski definition) is 2. The number of aliphatic hydroxyl groups excluding tert-OH is 1. The van der Waals surface area contributed by atoms with E-state index in [0.717, 1.165) is 19.3 Å². The minimum atomic E-state index is -0.419. The van der Waals surface area contributed by atoms with Crippen LogP contribution in [0.25, 0.3) is 10.8 Å². The maximum absolute atomic E-state index is 10.5. The highest BCUT2D eigenvalue weighted by atomic mass is 16.5. The Hall–Kier alpha value is -1.38. The van der Waals surface area contributed by atoms with E-state index in [9.17, 15) is 5.11 Å². The van der Waals surface area contributed by atoms with Gasteiger partial charge in [0.2, 0.25) is 0 Å². The van der Waals surface area contributed by atoms with Crippen molar-refractivity contribution in [1.82, 2.24) is 0 Å². The standard InChI is InChI=1S/C17H20O2/c1-19-17(10-5-11-17)16(18)12-14-8-4-7-13-6-2-3-9-15(13)14/h2-4,6-9,16,18H,5,10-12H2,1H3. The summed E-state index contributed by atoms with van der Waals surface area (Å²) in [5.41, 5.74) is 0.894.